The Morgan fingerprint density at radius 2 is 2.33 bits per heavy atom. The summed E-state index contributed by atoms with van der Waals surface area (Å²) in [7, 11) is 0. The minimum Gasteiger partial charge on any atom is -0.377 e. The summed E-state index contributed by atoms with van der Waals surface area (Å²) >= 11 is 3.69. The third-order valence-corrected chi connectivity index (χ3v) is 3.74. The molecule has 0 aliphatic carbocycles. The molecule has 72 valence electrons. The SMILES string of the molecule is CCC(C)CC1OCCCC1Br. The Hall–Kier alpha value is 0.440. The maximum absolute atomic E-state index is 5.72. The van der Waals surface area contributed by atoms with Crippen LogP contribution in [0.1, 0.15) is 39.5 Å². The third kappa shape index (κ3) is 3.06. The maximum atomic E-state index is 5.72. The van der Waals surface area contributed by atoms with E-state index in [1.165, 1.54) is 25.7 Å². The maximum Gasteiger partial charge on any atom is 0.0702 e. The normalized spacial score (nSPS) is 33.2. The molecule has 0 amide bonds. The second kappa shape index (κ2) is 5.23. The topological polar surface area (TPSA) is 9.23 Å². The summed E-state index contributed by atoms with van der Waals surface area (Å²) in [6, 6.07) is 0. The molecule has 12 heavy (non-hydrogen) atoms. The van der Waals surface area contributed by atoms with E-state index in [-0.39, 0.29) is 0 Å². The first-order valence-electron chi connectivity index (χ1n) is 4.99. The van der Waals surface area contributed by atoms with E-state index in [1.54, 1.807) is 0 Å². The van der Waals surface area contributed by atoms with Crippen molar-refractivity contribution in [3.63, 3.8) is 0 Å². The lowest BCUT2D eigenvalue weighted by molar-refractivity contribution is 0.00908. The second-order valence-corrected chi connectivity index (χ2v) is 4.99. The highest BCUT2D eigenvalue weighted by Crippen LogP contribution is 2.26. The molecule has 1 saturated heterocycles. The van der Waals surface area contributed by atoms with E-state index in [4.69, 9.17) is 4.74 Å². The average molecular weight is 235 g/mol. The smallest absolute Gasteiger partial charge is 0.0702 e. The summed E-state index contributed by atoms with van der Waals surface area (Å²) in [5, 5.41) is 0. The van der Waals surface area contributed by atoms with Gasteiger partial charge >= 0.3 is 0 Å². The summed E-state index contributed by atoms with van der Waals surface area (Å²) in [6.07, 6.45) is 5.44. The Balaban J connectivity index is 2.28. The molecule has 0 aromatic heterocycles. The van der Waals surface area contributed by atoms with E-state index in [9.17, 15) is 0 Å². The Bertz CT molecular complexity index is 127. The fourth-order valence-electron chi connectivity index (χ4n) is 1.58. The molecule has 1 fully saturated rings. The molecule has 0 radical (unpaired) electrons. The van der Waals surface area contributed by atoms with E-state index in [0.29, 0.717) is 10.9 Å². The van der Waals surface area contributed by atoms with Gasteiger partial charge in [-0.3, -0.25) is 0 Å². The van der Waals surface area contributed by atoms with E-state index in [2.05, 4.69) is 29.8 Å². The highest BCUT2D eigenvalue weighted by Gasteiger charge is 2.24. The summed E-state index contributed by atoms with van der Waals surface area (Å²) in [4.78, 5) is 0.597. The highest BCUT2D eigenvalue weighted by atomic mass is 79.9. The van der Waals surface area contributed by atoms with E-state index < -0.39 is 0 Å². The predicted molar refractivity (Wildman–Crippen MR) is 55.8 cm³/mol. The minimum atomic E-state index is 0.466. The van der Waals surface area contributed by atoms with Gasteiger partial charge in [0.15, 0.2) is 0 Å². The van der Waals surface area contributed by atoms with Crippen molar-refractivity contribution in [3.05, 3.63) is 0 Å². The van der Waals surface area contributed by atoms with Crippen molar-refractivity contribution < 1.29 is 4.74 Å². The number of hydrogen-bond donors (Lipinski definition) is 0. The molecular weight excluding hydrogens is 216 g/mol. The number of ether oxygens (including phenoxy) is 1. The van der Waals surface area contributed by atoms with Crippen LogP contribution in [0.15, 0.2) is 0 Å². The van der Waals surface area contributed by atoms with Gasteiger partial charge in [0.2, 0.25) is 0 Å². The number of rotatable bonds is 3. The van der Waals surface area contributed by atoms with Crippen molar-refractivity contribution in [1.29, 1.82) is 0 Å². The van der Waals surface area contributed by atoms with E-state index in [0.717, 1.165) is 12.5 Å². The van der Waals surface area contributed by atoms with Gasteiger partial charge in [0.1, 0.15) is 0 Å². The fraction of sp³-hybridized carbons (Fsp3) is 1.00. The molecule has 2 heteroatoms. The van der Waals surface area contributed by atoms with Crippen molar-refractivity contribution in [2.45, 2.75) is 50.5 Å². The molecule has 3 atom stereocenters. The first-order valence-corrected chi connectivity index (χ1v) is 5.91. The van der Waals surface area contributed by atoms with Crippen LogP contribution < -0.4 is 0 Å². The fourth-order valence-corrected chi connectivity index (χ4v) is 2.27. The summed E-state index contributed by atoms with van der Waals surface area (Å²) in [6.45, 7) is 5.51. The van der Waals surface area contributed by atoms with Crippen LogP contribution in [0.25, 0.3) is 0 Å². The Morgan fingerprint density at radius 1 is 1.58 bits per heavy atom. The molecule has 1 aliphatic rings. The molecule has 1 rings (SSSR count). The van der Waals surface area contributed by atoms with Gasteiger partial charge in [-0.15, -0.1) is 0 Å². The van der Waals surface area contributed by atoms with E-state index >= 15 is 0 Å². The van der Waals surface area contributed by atoms with Crippen LogP contribution in [0.3, 0.4) is 0 Å². The molecule has 1 aliphatic heterocycles. The Morgan fingerprint density at radius 3 is 2.92 bits per heavy atom. The predicted octanol–water partition coefficient (Wildman–Crippen LogP) is 3.37. The lowest BCUT2D eigenvalue weighted by Crippen LogP contribution is -2.31. The van der Waals surface area contributed by atoms with Gasteiger partial charge < -0.3 is 4.74 Å². The summed E-state index contributed by atoms with van der Waals surface area (Å²) < 4.78 is 5.72. The van der Waals surface area contributed by atoms with Gasteiger partial charge in [-0.25, -0.2) is 0 Å². The molecule has 0 saturated carbocycles. The standard InChI is InChI=1S/C10H19BrO/c1-3-8(2)7-10-9(11)5-4-6-12-10/h8-10H,3-7H2,1-2H3. The van der Waals surface area contributed by atoms with Crippen molar-refractivity contribution in [2.75, 3.05) is 6.61 Å². The number of alkyl halides is 1. The zero-order chi connectivity index (χ0) is 8.97. The van der Waals surface area contributed by atoms with Crippen molar-refractivity contribution >= 4 is 15.9 Å². The van der Waals surface area contributed by atoms with Crippen LogP contribution in [0.2, 0.25) is 0 Å². The van der Waals surface area contributed by atoms with Crippen LogP contribution >= 0.6 is 15.9 Å². The molecule has 3 unspecified atom stereocenters. The molecule has 0 spiro atoms. The van der Waals surface area contributed by atoms with Crippen LogP contribution in [-0.4, -0.2) is 17.5 Å². The van der Waals surface area contributed by atoms with Gasteiger partial charge in [0.05, 0.1) is 6.10 Å². The quantitative estimate of drug-likeness (QED) is 0.681. The number of hydrogen-bond acceptors (Lipinski definition) is 1. The number of halogens is 1. The van der Waals surface area contributed by atoms with Gasteiger partial charge in [-0.1, -0.05) is 36.2 Å². The highest BCUT2D eigenvalue weighted by molar-refractivity contribution is 9.09. The molecule has 1 nitrogen and oxygen atoms in total. The Kier molecular flexibility index (Phi) is 4.59. The largest absolute Gasteiger partial charge is 0.377 e. The van der Waals surface area contributed by atoms with Crippen molar-refractivity contribution in [1.82, 2.24) is 0 Å². The molecule has 0 N–H and O–H groups in total. The Labute approximate surface area is 84.0 Å². The molecular formula is C10H19BrO. The third-order valence-electron chi connectivity index (χ3n) is 2.69. The summed E-state index contributed by atoms with van der Waals surface area (Å²) in [5.41, 5.74) is 0. The van der Waals surface area contributed by atoms with Gasteiger partial charge in [0.25, 0.3) is 0 Å². The molecule has 0 aromatic rings. The molecule has 1 heterocycles. The van der Waals surface area contributed by atoms with Crippen LogP contribution in [0.5, 0.6) is 0 Å². The lowest BCUT2D eigenvalue weighted by Gasteiger charge is -2.29. The first-order chi connectivity index (χ1) is 5.74. The second-order valence-electron chi connectivity index (χ2n) is 3.82. The molecule has 0 bridgehead atoms. The first kappa shape index (κ1) is 10.5. The average Bonchev–Trinajstić information content (AvgIpc) is 2.09. The van der Waals surface area contributed by atoms with Gasteiger partial charge in [0, 0.05) is 11.4 Å². The zero-order valence-corrected chi connectivity index (χ0v) is 9.64. The lowest BCUT2D eigenvalue weighted by atomic mass is 9.96. The zero-order valence-electron chi connectivity index (χ0n) is 8.05. The van der Waals surface area contributed by atoms with Crippen LogP contribution in [0, 0.1) is 5.92 Å². The van der Waals surface area contributed by atoms with Crippen molar-refractivity contribution in [2.24, 2.45) is 5.92 Å². The van der Waals surface area contributed by atoms with E-state index in [1.807, 2.05) is 0 Å². The van der Waals surface area contributed by atoms with Crippen molar-refractivity contribution in [3.8, 4) is 0 Å². The van der Waals surface area contributed by atoms with Crippen LogP contribution in [0.4, 0.5) is 0 Å². The van der Waals surface area contributed by atoms with Gasteiger partial charge in [-0.2, -0.15) is 0 Å². The summed E-state index contributed by atoms with van der Waals surface area (Å²) in [5.74, 6) is 0.799. The van der Waals surface area contributed by atoms with Crippen LogP contribution in [-0.2, 0) is 4.74 Å². The monoisotopic (exact) mass is 234 g/mol. The molecule has 0 aromatic carbocycles. The minimum absolute atomic E-state index is 0.466. The van der Waals surface area contributed by atoms with Gasteiger partial charge in [-0.05, 0) is 25.2 Å².